The van der Waals surface area contributed by atoms with Crippen molar-refractivity contribution in [3.63, 3.8) is 0 Å². The summed E-state index contributed by atoms with van der Waals surface area (Å²) in [5.41, 5.74) is 5.85. The molecule has 2 aromatic carbocycles. The van der Waals surface area contributed by atoms with Gasteiger partial charge in [0.15, 0.2) is 11.5 Å². The number of amides is 1. The lowest BCUT2D eigenvalue weighted by Crippen LogP contribution is -2.51. The minimum absolute atomic E-state index is 0.0308. The van der Waals surface area contributed by atoms with E-state index in [1.165, 1.54) is 5.56 Å². The van der Waals surface area contributed by atoms with Crippen molar-refractivity contribution in [2.24, 2.45) is 0 Å². The van der Waals surface area contributed by atoms with Gasteiger partial charge in [-0.3, -0.25) is 14.8 Å². The Hall–Kier alpha value is -4.60. The number of hydrazine groups is 1. The van der Waals surface area contributed by atoms with Gasteiger partial charge in [-0.2, -0.15) is 0 Å². The molecule has 9 heteroatoms. The molecule has 1 amide bonds. The van der Waals surface area contributed by atoms with E-state index in [2.05, 4.69) is 51.4 Å². The number of piperazine rings is 1. The number of carbonyl (C=O) groups is 1. The summed E-state index contributed by atoms with van der Waals surface area (Å²) in [5, 5.41) is 10.9. The fourth-order valence-corrected chi connectivity index (χ4v) is 5.03. The fraction of sp³-hybridized carbons (Fsp3) is 0.250. The fourth-order valence-electron chi connectivity index (χ4n) is 5.03. The molecule has 0 saturated carbocycles. The molecule has 9 nitrogen and oxygen atoms in total. The second-order valence-electron chi connectivity index (χ2n) is 11.2. The highest BCUT2D eigenvalue weighted by molar-refractivity contribution is 6.04. The summed E-state index contributed by atoms with van der Waals surface area (Å²) >= 11 is 0. The summed E-state index contributed by atoms with van der Waals surface area (Å²) < 4.78 is 1.99. The number of nitrogens with zero attached hydrogens (tertiary/aromatic N) is 6. The van der Waals surface area contributed by atoms with Crippen LogP contribution in [-0.4, -0.2) is 56.4 Å². The minimum Gasteiger partial charge on any atom is -0.322 e. The zero-order valence-corrected chi connectivity index (χ0v) is 23.6. The van der Waals surface area contributed by atoms with Crippen LogP contribution < -0.4 is 15.6 Å². The lowest BCUT2D eigenvalue weighted by Gasteiger charge is -2.38. The molecule has 0 aliphatic carbocycles. The maximum absolute atomic E-state index is 13.1. The predicted octanol–water partition coefficient (Wildman–Crippen LogP) is 5.30. The molecule has 0 unspecified atom stereocenters. The Labute approximate surface area is 239 Å². The molecule has 1 saturated heterocycles. The number of hydrogen-bond donors (Lipinski definition) is 2. The Kier molecular flexibility index (Phi) is 7.21. The molecule has 0 spiro atoms. The number of carbonyl (C=O) groups excluding carboxylic acids is 1. The molecule has 0 radical (unpaired) electrons. The Morgan fingerprint density at radius 1 is 1.00 bits per heavy atom. The number of nitrogens with one attached hydrogen (secondary N) is 2. The number of rotatable bonds is 6. The van der Waals surface area contributed by atoms with E-state index < -0.39 is 0 Å². The molecule has 1 aliphatic rings. The summed E-state index contributed by atoms with van der Waals surface area (Å²) in [6.07, 6.45) is 9.30. The minimum atomic E-state index is -0.150. The molecule has 3 aromatic heterocycles. The number of pyridine rings is 1. The Balaban J connectivity index is 1.34. The lowest BCUT2D eigenvalue weighted by atomic mass is 9.87. The molecule has 2 N–H and O–H groups in total. The highest BCUT2D eigenvalue weighted by Crippen LogP contribution is 2.32. The first kappa shape index (κ1) is 26.6. The van der Waals surface area contributed by atoms with Crippen LogP contribution in [-0.2, 0) is 5.41 Å². The smallest absolute Gasteiger partial charge is 0.255 e. The Morgan fingerprint density at radius 3 is 2.54 bits per heavy atom. The molecule has 0 bridgehead atoms. The van der Waals surface area contributed by atoms with Gasteiger partial charge in [0.25, 0.3) is 5.91 Å². The van der Waals surface area contributed by atoms with Gasteiger partial charge in [-0.25, -0.2) is 15.0 Å². The summed E-state index contributed by atoms with van der Waals surface area (Å²) in [4.78, 5) is 27.2. The highest BCUT2D eigenvalue weighted by atomic mass is 16.1. The number of hydrogen-bond acceptors (Lipinski definition) is 7. The SMILES string of the molecule is CC(C)(C)c1ccc(C(=O)Nc2cccc(-c3cn4ccnc4c(N(c4cccnc4)N4CCNCC4)n3)c2)cc1. The topological polar surface area (TPSA) is 90.7 Å². The first-order valence-electron chi connectivity index (χ1n) is 13.9. The van der Waals surface area contributed by atoms with Crippen molar-refractivity contribution in [2.45, 2.75) is 26.2 Å². The summed E-state index contributed by atoms with van der Waals surface area (Å²) in [6.45, 7) is 9.89. The number of fused-ring (bicyclic) bond motifs is 1. The molecular weight excluding hydrogens is 512 g/mol. The van der Waals surface area contributed by atoms with Gasteiger partial charge in [-0.15, -0.1) is 0 Å². The van der Waals surface area contributed by atoms with Crippen molar-refractivity contribution in [3.05, 3.63) is 103 Å². The largest absolute Gasteiger partial charge is 0.322 e. The maximum atomic E-state index is 13.1. The molecule has 41 heavy (non-hydrogen) atoms. The Bertz CT molecular complexity index is 1650. The van der Waals surface area contributed by atoms with E-state index in [-0.39, 0.29) is 11.3 Å². The van der Waals surface area contributed by atoms with Gasteiger partial charge >= 0.3 is 0 Å². The number of imidazole rings is 1. The van der Waals surface area contributed by atoms with Crippen molar-refractivity contribution in [2.75, 3.05) is 36.5 Å². The second-order valence-corrected chi connectivity index (χ2v) is 11.2. The van der Waals surface area contributed by atoms with Crippen LogP contribution in [0.4, 0.5) is 17.2 Å². The number of aromatic nitrogens is 4. The van der Waals surface area contributed by atoms with Crippen LogP contribution >= 0.6 is 0 Å². The van der Waals surface area contributed by atoms with Gasteiger partial charge in [0.05, 0.1) is 17.6 Å². The van der Waals surface area contributed by atoms with Crippen LogP contribution in [0.5, 0.6) is 0 Å². The van der Waals surface area contributed by atoms with Gasteiger partial charge in [-0.05, 0) is 47.4 Å². The Morgan fingerprint density at radius 2 is 1.80 bits per heavy atom. The van der Waals surface area contributed by atoms with Crippen molar-refractivity contribution >= 4 is 28.7 Å². The average Bonchev–Trinajstić information content (AvgIpc) is 3.47. The summed E-state index contributed by atoms with van der Waals surface area (Å²) in [6, 6.07) is 19.5. The quantitative estimate of drug-likeness (QED) is 0.299. The van der Waals surface area contributed by atoms with Gasteiger partial charge in [-0.1, -0.05) is 45.0 Å². The normalized spacial score (nSPS) is 14.2. The predicted molar refractivity (Wildman–Crippen MR) is 162 cm³/mol. The van der Waals surface area contributed by atoms with Crippen LogP contribution in [0.2, 0.25) is 0 Å². The molecule has 5 aromatic rings. The van der Waals surface area contributed by atoms with Gasteiger partial charge in [0, 0.05) is 67.8 Å². The van der Waals surface area contributed by atoms with Crippen LogP contribution in [0.25, 0.3) is 16.9 Å². The van der Waals surface area contributed by atoms with Crippen molar-refractivity contribution in [3.8, 4) is 11.3 Å². The van der Waals surface area contributed by atoms with Crippen molar-refractivity contribution in [1.29, 1.82) is 0 Å². The number of anilines is 3. The van der Waals surface area contributed by atoms with Gasteiger partial charge in [0.1, 0.15) is 0 Å². The summed E-state index contributed by atoms with van der Waals surface area (Å²) in [5.74, 6) is 0.568. The zero-order chi connectivity index (χ0) is 28.4. The standard InChI is InChI=1S/C32H34N8O/c1-32(2,3)25-11-9-23(10-12-25)31(41)36-26-7-4-6-24(20-26)28-22-38-17-16-35-29(38)30(37-28)40(27-8-5-13-34-21-27)39-18-14-33-15-19-39/h4-13,16-17,20-22,33H,14-15,18-19H2,1-3H3,(H,36,41). The van der Waals surface area contributed by atoms with E-state index in [1.807, 2.05) is 83.7 Å². The van der Waals surface area contributed by atoms with E-state index in [0.29, 0.717) is 11.3 Å². The molecule has 1 aliphatic heterocycles. The monoisotopic (exact) mass is 546 g/mol. The maximum Gasteiger partial charge on any atom is 0.255 e. The van der Waals surface area contributed by atoms with Crippen LogP contribution in [0.3, 0.4) is 0 Å². The first-order valence-corrected chi connectivity index (χ1v) is 13.9. The average molecular weight is 547 g/mol. The lowest BCUT2D eigenvalue weighted by molar-refractivity contribution is 0.102. The molecular formula is C32H34N8O. The van der Waals surface area contributed by atoms with Crippen molar-refractivity contribution < 1.29 is 4.79 Å². The van der Waals surface area contributed by atoms with E-state index in [4.69, 9.17) is 4.98 Å². The molecule has 4 heterocycles. The molecule has 0 atom stereocenters. The first-order chi connectivity index (χ1) is 19.9. The third-order valence-corrected chi connectivity index (χ3v) is 7.25. The highest BCUT2D eigenvalue weighted by Gasteiger charge is 2.25. The van der Waals surface area contributed by atoms with Crippen LogP contribution in [0.15, 0.2) is 91.6 Å². The van der Waals surface area contributed by atoms with Gasteiger partial charge in [0.2, 0.25) is 0 Å². The van der Waals surface area contributed by atoms with Crippen molar-refractivity contribution in [1.82, 2.24) is 29.7 Å². The second kappa shape index (κ2) is 11.1. The molecule has 6 rings (SSSR count). The molecule has 1 fully saturated rings. The van der Waals surface area contributed by atoms with E-state index in [1.54, 1.807) is 12.4 Å². The zero-order valence-electron chi connectivity index (χ0n) is 23.6. The summed E-state index contributed by atoms with van der Waals surface area (Å²) in [7, 11) is 0. The third kappa shape index (κ3) is 5.68. The van der Waals surface area contributed by atoms with Crippen LogP contribution in [0, 0.1) is 0 Å². The van der Waals surface area contributed by atoms with E-state index in [0.717, 1.165) is 54.6 Å². The van der Waals surface area contributed by atoms with Gasteiger partial charge < -0.3 is 15.0 Å². The van der Waals surface area contributed by atoms with E-state index >= 15 is 0 Å². The van der Waals surface area contributed by atoms with E-state index in [9.17, 15) is 4.79 Å². The third-order valence-electron chi connectivity index (χ3n) is 7.25. The number of benzene rings is 2. The van der Waals surface area contributed by atoms with Crippen LogP contribution in [0.1, 0.15) is 36.7 Å². The molecule has 208 valence electrons.